The van der Waals surface area contributed by atoms with Gasteiger partial charge in [0.1, 0.15) is 0 Å². The van der Waals surface area contributed by atoms with Crippen molar-refractivity contribution in [2.75, 3.05) is 0 Å². The number of aliphatic carboxylic acids is 1. The molecule has 1 unspecified atom stereocenters. The third-order valence-corrected chi connectivity index (χ3v) is 4.80. The number of nitrogens with zero attached hydrogens (tertiary/aromatic N) is 1. The number of rotatable bonds is 5. The first-order valence-corrected chi connectivity index (χ1v) is 8.55. The molecule has 1 N–H and O–H groups in total. The number of benzene rings is 2. The number of carbonyl (C=O) groups excluding carboxylic acids is 1. The normalized spacial score (nSPS) is 27.5. The molecule has 0 aromatic heterocycles. The number of hydrogen-bond donors (Lipinski definition) is 1. The molecule has 2 aromatic carbocycles. The Labute approximate surface area is 151 Å². The van der Waals surface area contributed by atoms with Crippen LogP contribution in [0, 0.1) is 0 Å². The lowest BCUT2D eigenvalue weighted by Crippen LogP contribution is -2.56. The zero-order valence-corrected chi connectivity index (χ0v) is 14.0. The number of morpholine rings is 1. The minimum absolute atomic E-state index is 0.337. The number of carboxylic acid groups (broad SMARTS) is 1. The largest absolute Gasteiger partial charge is 0.479 e. The summed E-state index contributed by atoms with van der Waals surface area (Å²) in [5.41, 5.74) is 2.01. The third-order valence-electron chi connectivity index (χ3n) is 4.80. The molecule has 2 bridgehead atoms. The maximum Gasteiger partial charge on any atom is 0.336 e. The van der Waals surface area contributed by atoms with Crippen LogP contribution >= 0.6 is 0 Å². The Kier molecular flexibility index (Phi) is 4.44. The highest BCUT2D eigenvalue weighted by Crippen LogP contribution is 2.34. The van der Waals surface area contributed by atoms with Crippen LogP contribution in [0.1, 0.15) is 11.1 Å². The fourth-order valence-electron chi connectivity index (χ4n) is 3.53. The van der Waals surface area contributed by atoms with Gasteiger partial charge in [-0.1, -0.05) is 60.7 Å². The highest BCUT2D eigenvalue weighted by Gasteiger charge is 2.55. The zero-order chi connectivity index (χ0) is 18.1. The SMILES string of the molecule is O=C(O)[C@@H]1OC2O[C@@H]1C(=O)N(Cc1ccccc1)[C@H]2Cc1ccccc1. The van der Waals surface area contributed by atoms with Crippen molar-refractivity contribution in [3.05, 3.63) is 71.8 Å². The molecule has 2 heterocycles. The summed E-state index contributed by atoms with van der Waals surface area (Å²) in [5.74, 6) is -1.51. The Bertz CT molecular complexity index is 794. The first-order chi connectivity index (χ1) is 12.6. The van der Waals surface area contributed by atoms with Crippen molar-refractivity contribution in [3.63, 3.8) is 0 Å². The first kappa shape index (κ1) is 16.8. The topological polar surface area (TPSA) is 76.1 Å². The van der Waals surface area contributed by atoms with E-state index in [1.54, 1.807) is 4.90 Å². The lowest BCUT2D eigenvalue weighted by molar-refractivity contribution is -0.177. The second-order valence-corrected chi connectivity index (χ2v) is 6.53. The van der Waals surface area contributed by atoms with Crippen LogP contribution < -0.4 is 0 Å². The molecule has 0 saturated carbocycles. The summed E-state index contributed by atoms with van der Waals surface area (Å²) in [4.78, 5) is 26.1. The van der Waals surface area contributed by atoms with Crippen molar-refractivity contribution in [2.45, 2.75) is 37.5 Å². The van der Waals surface area contributed by atoms with Gasteiger partial charge in [-0.2, -0.15) is 0 Å². The maximum atomic E-state index is 13.0. The van der Waals surface area contributed by atoms with E-state index in [9.17, 15) is 14.7 Å². The number of fused-ring (bicyclic) bond motifs is 2. The second-order valence-electron chi connectivity index (χ2n) is 6.53. The minimum atomic E-state index is -1.26. The number of ether oxygens (including phenoxy) is 2. The van der Waals surface area contributed by atoms with E-state index in [4.69, 9.17) is 9.47 Å². The summed E-state index contributed by atoms with van der Waals surface area (Å²) in [7, 11) is 0. The van der Waals surface area contributed by atoms with E-state index in [0.717, 1.165) is 11.1 Å². The Morgan fingerprint density at radius 1 is 0.962 bits per heavy atom. The van der Waals surface area contributed by atoms with Crippen molar-refractivity contribution in [1.29, 1.82) is 0 Å². The molecule has 2 aliphatic rings. The molecule has 4 rings (SSSR count). The Balaban J connectivity index is 1.65. The molecule has 1 amide bonds. The Hall–Kier alpha value is -2.70. The molecule has 0 aliphatic carbocycles. The molecule has 2 aromatic rings. The molecule has 26 heavy (non-hydrogen) atoms. The first-order valence-electron chi connectivity index (χ1n) is 8.55. The summed E-state index contributed by atoms with van der Waals surface area (Å²) in [6.07, 6.45) is -2.56. The Morgan fingerprint density at radius 2 is 1.58 bits per heavy atom. The number of hydrogen-bond acceptors (Lipinski definition) is 4. The summed E-state index contributed by atoms with van der Waals surface area (Å²) in [6, 6.07) is 19.0. The van der Waals surface area contributed by atoms with Crippen LogP contribution in [0.15, 0.2) is 60.7 Å². The van der Waals surface area contributed by atoms with Gasteiger partial charge in [-0.25, -0.2) is 4.79 Å². The predicted molar refractivity (Wildman–Crippen MR) is 92.1 cm³/mol. The molecule has 2 saturated heterocycles. The van der Waals surface area contributed by atoms with E-state index in [1.807, 2.05) is 60.7 Å². The number of amides is 1. The van der Waals surface area contributed by atoms with Crippen molar-refractivity contribution < 1.29 is 24.2 Å². The standard InChI is InChI=1S/C20H19NO5/c22-18-16-17(19(23)24)26-20(25-16)15(11-13-7-3-1-4-8-13)21(18)12-14-9-5-2-6-10-14/h1-10,15-17,20H,11-12H2,(H,23,24)/t15-,16-,17+,20?/m0/s1. The molecule has 6 heteroatoms. The number of carboxylic acids is 1. The third kappa shape index (κ3) is 3.09. The molecule has 4 atom stereocenters. The molecule has 6 nitrogen and oxygen atoms in total. The lowest BCUT2D eigenvalue weighted by Gasteiger charge is -2.38. The van der Waals surface area contributed by atoms with E-state index in [2.05, 4.69) is 0 Å². The summed E-state index contributed by atoms with van der Waals surface area (Å²) in [5, 5.41) is 9.35. The van der Waals surface area contributed by atoms with E-state index < -0.39 is 24.5 Å². The molecular weight excluding hydrogens is 334 g/mol. The maximum absolute atomic E-state index is 13.0. The van der Waals surface area contributed by atoms with Crippen LogP contribution in [-0.2, 0) is 32.0 Å². The highest BCUT2D eigenvalue weighted by molar-refractivity contribution is 5.89. The van der Waals surface area contributed by atoms with Crippen molar-refractivity contribution >= 4 is 11.9 Å². The van der Waals surface area contributed by atoms with Crippen LogP contribution in [0.5, 0.6) is 0 Å². The minimum Gasteiger partial charge on any atom is -0.479 e. The monoisotopic (exact) mass is 353 g/mol. The zero-order valence-electron chi connectivity index (χ0n) is 14.0. The summed E-state index contributed by atoms with van der Waals surface area (Å²) in [6.45, 7) is 0.392. The van der Waals surface area contributed by atoms with Gasteiger partial charge in [0.15, 0.2) is 18.5 Å². The van der Waals surface area contributed by atoms with Gasteiger partial charge in [-0.15, -0.1) is 0 Å². The molecule has 2 fully saturated rings. The van der Waals surface area contributed by atoms with E-state index in [1.165, 1.54) is 0 Å². The van der Waals surface area contributed by atoms with Gasteiger partial charge in [0, 0.05) is 6.54 Å². The molecule has 134 valence electrons. The average Bonchev–Trinajstić information content (AvgIpc) is 3.07. The lowest BCUT2D eigenvalue weighted by atomic mass is 10.0. The highest BCUT2D eigenvalue weighted by atomic mass is 16.7. The van der Waals surface area contributed by atoms with Gasteiger partial charge in [-0.05, 0) is 17.5 Å². The summed E-state index contributed by atoms with van der Waals surface area (Å²) < 4.78 is 11.2. The molecule has 0 spiro atoms. The average molecular weight is 353 g/mol. The fraction of sp³-hybridized carbons (Fsp3) is 0.300. The van der Waals surface area contributed by atoms with Gasteiger partial charge < -0.3 is 19.5 Å². The second kappa shape index (κ2) is 6.90. The van der Waals surface area contributed by atoms with Crippen LogP contribution in [-0.4, -0.2) is 46.4 Å². The molecule has 0 radical (unpaired) electrons. The predicted octanol–water partition coefficient (Wildman–Crippen LogP) is 1.83. The Morgan fingerprint density at radius 3 is 2.19 bits per heavy atom. The van der Waals surface area contributed by atoms with Gasteiger partial charge in [0.25, 0.3) is 5.91 Å². The van der Waals surface area contributed by atoms with Crippen LogP contribution in [0.4, 0.5) is 0 Å². The van der Waals surface area contributed by atoms with Gasteiger partial charge in [-0.3, -0.25) is 4.79 Å². The quantitative estimate of drug-likeness (QED) is 0.888. The smallest absolute Gasteiger partial charge is 0.336 e. The van der Waals surface area contributed by atoms with E-state index in [-0.39, 0.29) is 11.9 Å². The molecular formula is C20H19NO5. The van der Waals surface area contributed by atoms with Crippen LogP contribution in [0.2, 0.25) is 0 Å². The van der Waals surface area contributed by atoms with E-state index in [0.29, 0.717) is 13.0 Å². The van der Waals surface area contributed by atoms with Crippen molar-refractivity contribution in [2.24, 2.45) is 0 Å². The van der Waals surface area contributed by atoms with Gasteiger partial charge in [0.2, 0.25) is 0 Å². The van der Waals surface area contributed by atoms with Crippen molar-refractivity contribution in [1.82, 2.24) is 4.90 Å². The van der Waals surface area contributed by atoms with Gasteiger partial charge in [0.05, 0.1) is 6.04 Å². The van der Waals surface area contributed by atoms with Gasteiger partial charge >= 0.3 is 5.97 Å². The number of carbonyl (C=O) groups is 2. The van der Waals surface area contributed by atoms with Crippen LogP contribution in [0.25, 0.3) is 0 Å². The fourth-order valence-corrected chi connectivity index (χ4v) is 3.53. The summed E-state index contributed by atoms with van der Waals surface area (Å²) >= 11 is 0. The van der Waals surface area contributed by atoms with Crippen LogP contribution in [0.3, 0.4) is 0 Å². The van der Waals surface area contributed by atoms with Crippen molar-refractivity contribution in [3.8, 4) is 0 Å². The van der Waals surface area contributed by atoms with E-state index >= 15 is 0 Å². The molecule has 2 aliphatic heterocycles.